The number of anilines is 1. The molecule has 0 saturated carbocycles. The molecule has 1 aliphatic rings. The van der Waals surface area contributed by atoms with Crippen molar-refractivity contribution in [1.82, 2.24) is 10.2 Å². The van der Waals surface area contributed by atoms with Gasteiger partial charge in [-0.05, 0) is 49.7 Å². The van der Waals surface area contributed by atoms with Crippen LogP contribution in [0.5, 0.6) is 0 Å². The second-order valence-corrected chi connectivity index (χ2v) is 8.13. The van der Waals surface area contributed by atoms with Gasteiger partial charge in [-0.15, -0.1) is 10.2 Å². The number of nitrogens with one attached hydrogen (secondary N) is 1. The molecule has 3 aromatic rings. The van der Waals surface area contributed by atoms with Gasteiger partial charge in [-0.3, -0.25) is 0 Å². The molecule has 1 aliphatic heterocycles. The summed E-state index contributed by atoms with van der Waals surface area (Å²) < 4.78 is 5.95. The first-order chi connectivity index (χ1) is 13.5. The number of halogens is 2. The van der Waals surface area contributed by atoms with Crippen LogP contribution in [0.2, 0.25) is 10.0 Å². The molecule has 1 saturated heterocycles. The van der Waals surface area contributed by atoms with Gasteiger partial charge in [-0.2, -0.15) is 0 Å². The van der Waals surface area contributed by atoms with Crippen molar-refractivity contribution < 1.29 is 9.32 Å². The quantitative estimate of drug-likeness (QED) is 0.700. The number of rotatable bonds is 4. The second-order valence-electron chi connectivity index (χ2n) is 7.25. The van der Waals surface area contributed by atoms with Gasteiger partial charge in [0.25, 0.3) is 5.89 Å². The molecule has 0 aliphatic carbocycles. The first-order valence-electron chi connectivity index (χ1n) is 9.46. The summed E-state index contributed by atoms with van der Waals surface area (Å²) in [5, 5.41) is 9.94. The van der Waals surface area contributed by atoms with Crippen LogP contribution >= 0.6 is 23.2 Å². The summed E-state index contributed by atoms with van der Waals surface area (Å²) in [6, 6.07) is 13.7. The van der Waals surface area contributed by atoms with Crippen LogP contribution in [0, 0.1) is 6.92 Å². The van der Waals surface area contributed by atoms with Gasteiger partial charge in [0.05, 0.1) is 26.2 Å². The third kappa shape index (κ3) is 4.02. The minimum Gasteiger partial charge on any atom is -0.415 e. The lowest BCUT2D eigenvalue weighted by molar-refractivity contribution is -0.931. The lowest BCUT2D eigenvalue weighted by Gasteiger charge is -2.36. The summed E-state index contributed by atoms with van der Waals surface area (Å²) in [5.74, 6) is 1.18. The Morgan fingerprint density at radius 3 is 2.54 bits per heavy atom. The molecule has 5 nitrogen and oxygen atoms in total. The zero-order valence-electron chi connectivity index (χ0n) is 16.0. The Balaban J connectivity index is 1.43. The van der Waals surface area contributed by atoms with Crippen LogP contribution in [-0.4, -0.2) is 36.4 Å². The fourth-order valence-corrected chi connectivity index (χ4v) is 4.07. The molecule has 1 fully saturated rings. The highest BCUT2D eigenvalue weighted by atomic mass is 35.5. The highest BCUT2D eigenvalue weighted by Crippen LogP contribution is 2.25. The van der Waals surface area contributed by atoms with Crippen LogP contribution in [0.1, 0.15) is 24.4 Å². The Kier molecular flexibility index (Phi) is 5.58. The van der Waals surface area contributed by atoms with Gasteiger partial charge in [0.1, 0.15) is 0 Å². The van der Waals surface area contributed by atoms with E-state index < -0.39 is 0 Å². The summed E-state index contributed by atoms with van der Waals surface area (Å²) >= 11 is 12.3. The van der Waals surface area contributed by atoms with E-state index >= 15 is 0 Å². The van der Waals surface area contributed by atoms with E-state index in [1.165, 1.54) is 16.2 Å². The Hall–Kier alpha value is -2.08. The average molecular weight is 418 g/mol. The maximum absolute atomic E-state index is 6.19. The first-order valence-corrected chi connectivity index (χ1v) is 10.2. The molecule has 4 rings (SSSR count). The van der Waals surface area contributed by atoms with Gasteiger partial charge in [0, 0.05) is 21.3 Å². The molecule has 1 aromatic heterocycles. The van der Waals surface area contributed by atoms with Crippen LogP contribution in [0.3, 0.4) is 0 Å². The average Bonchev–Trinajstić information content (AvgIpc) is 3.20. The molecule has 7 heteroatoms. The number of benzene rings is 2. The third-order valence-corrected chi connectivity index (χ3v) is 5.88. The van der Waals surface area contributed by atoms with E-state index in [1.807, 2.05) is 30.3 Å². The number of quaternary nitrogens is 1. The Morgan fingerprint density at radius 1 is 1.04 bits per heavy atom. The van der Waals surface area contributed by atoms with Crippen LogP contribution in [0.25, 0.3) is 11.5 Å². The highest BCUT2D eigenvalue weighted by molar-refractivity contribution is 6.31. The summed E-state index contributed by atoms with van der Waals surface area (Å²) in [7, 11) is 0. The monoisotopic (exact) mass is 417 g/mol. The lowest BCUT2D eigenvalue weighted by Crippen LogP contribution is -3.14. The molecule has 2 heterocycles. The van der Waals surface area contributed by atoms with Gasteiger partial charge in [-0.1, -0.05) is 35.3 Å². The molecule has 0 spiro atoms. The normalized spacial score (nSPS) is 16.4. The summed E-state index contributed by atoms with van der Waals surface area (Å²) in [6.07, 6.45) is 0. The minimum atomic E-state index is 0.142. The first kappa shape index (κ1) is 19.2. The standard InChI is InChI=1S/C21H22Cl2N4O/c1-14-6-7-18(23)13-19(14)27-10-8-26(9-11-27)15(2)20-24-25-21(28-20)16-4-3-5-17(22)12-16/h3-7,12-13,15H,8-11H2,1-2H3/p+1/t15-/m0/s1. The summed E-state index contributed by atoms with van der Waals surface area (Å²) in [5.41, 5.74) is 3.32. The SMILES string of the molecule is Cc1ccc(Cl)cc1N1CC[NH+]([C@@H](C)c2nnc(-c3cccc(Cl)c3)o2)CC1. The van der Waals surface area contributed by atoms with Crippen molar-refractivity contribution >= 4 is 28.9 Å². The van der Waals surface area contributed by atoms with Crippen molar-refractivity contribution in [3.05, 3.63) is 64.0 Å². The number of nitrogens with zero attached hydrogens (tertiary/aromatic N) is 3. The molecule has 1 atom stereocenters. The van der Waals surface area contributed by atoms with Gasteiger partial charge in [-0.25, -0.2) is 0 Å². The molecule has 2 aromatic carbocycles. The smallest absolute Gasteiger partial charge is 0.274 e. The van der Waals surface area contributed by atoms with Crippen LogP contribution in [0.4, 0.5) is 5.69 Å². The highest BCUT2D eigenvalue weighted by Gasteiger charge is 2.29. The number of hydrogen-bond donors (Lipinski definition) is 1. The van der Waals surface area contributed by atoms with Crippen LogP contribution in [0.15, 0.2) is 46.9 Å². The Bertz CT molecular complexity index is 967. The van der Waals surface area contributed by atoms with Gasteiger partial charge >= 0.3 is 0 Å². The predicted molar refractivity (Wildman–Crippen MR) is 112 cm³/mol. The van der Waals surface area contributed by atoms with E-state index in [0.717, 1.165) is 36.8 Å². The topological polar surface area (TPSA) is 46.6 Å². The van der Waals surface area contributed by atoms with Crippen molar-refractivity contribution in [2.45, 2.75) is 19.9 Å². The van der Waals surface area contributed by atoms with Crippen molar-refractivity contribution in [2.75, 3.05) is 31.1 Å². The number of hydrogen-bond acceptors (Lipinski definition) is 4. The number of aromatic nitrogens is 2. The van der Waals surface area contributed by atoms with Crippen LogP contribution < -0.4 is 9.80 Å². The summed E-state index contributed by atoms with van der Waals surface area (Å²) in [4.78, 5) is 3.85. The van der Waals surface area contributed by atoms with E-state index in [2.05, 4.69) is 41.1 Å². The van der Waals surface area contributed by atoms with E-state index in [1.54, 1.807) is 0 Å². The maximum Gasteiger partial charge on any atom is 0.274 e. The third-order valence-electron chi connectivity index (χ3n) is 5.41. The van der Waals surface area contributed by atoms with Gasteiger partial charge in [0.15, 0.2) is 6.04 Å². The molecule has 146 valence electrons. The lowest BCUT2D eigenvalue weighted by atomic mass is 10.1. The zero-order valence-corrected chi connectivity index (χ0v) is 17.5. The molecule has 1 N–H and O–H groups in total. The van der Waals surface area contributed by atoms with Crippen molar-refractivity contribution in [2.24, 2.45) is 0 Å². The Morgan fingerprint density at radius 2 is 1.79 bits per heavy atom. The van der Waals surface area contributed by atoms with Crippen LogP contribution in [-0.2, 0) is 0 Å². The van der Waals surface area contributed by atoms with Crippen molar-refractivity contribution in [3.8, 4) is 11.5 Å². The number of piperazine rings is 1. The second kappa shape index (κ2) is 8.11. The van der Waals surface area contributed by atoms with E-state index in [0.29, 0.717) is 16.8 Å². The fraction of sp³-hybridized carbons (Fsp3) is 0.333. The molecular weight excluding hydrogens is 395 g/mol. The zero-order chi connectivity index (χ0) is 19.7. The van der Waals surface area contributed by atoms with E-state index in [-0.39, 0.29) is 6.04 Å². The maximum atomic E-state index is 6.19. The van der Waals surface area contributed by atoms with E-state index in [9.17, 15) is 0 Å². The Labute approximate surface area is 174 Å². The summed E-state index contributed by atoms with van der Waals surface area (Å²) in [6.45, 7) is 8.21. The predicted octanol–water partition coefficient (Wildman–Crippen LogP) is 3.82. The molecule has 0 radical (unpaired) electrons. The van der Waals surface area contributed by atoms with Gasteiger partial charge < -0.3 is 14.2 Å². The van der Waals surface area contributed by atoms with Crippen molar-refractivity contribution in [3.63, 3.8) is 0 Å². The molecule has 0 unspecified atom stereocenters. The molecule has 28 heavy (non-hydrogen) atoms. The molecular formula is C21H23Cl2N4O+. The molecule has 0 bridgehead atoms. The van der Waals surface area contributed by atoms with Gasteiger partial charge in [0.2, 0.25) is 5.89 Å². The minimum absolute atomic E-state index is 0.142. The van der Waals surface area contributed by atoms with Crippen molar-refractivity contribution in [1.29, 1.82) is 0 Å². The largest absolute Gasteiger partial charge is 0.415 e. The fourth-order valence-electron chi connectivity index (χ4n) is 3.71. The van der Waals surface area contributed by atoms with E-state index in [4.69, 9.17) is 27.6 Å². The number of aryl methyl sites for hydroxylation is 1. The molecule has 0 amide bonds.